The van der Waals surface area contributed by atoms with Crippen molar-refractivity contribution >= 4 is 11.3 Å². The lowest BCUT2D eigenvalue weighted by molar-refractivity contribution is 0.568. The van der Waals surface area contributed by atoms with Crippen LogP contribution in [0.2, 0.25) is 0 Å². The van der Waals surface area contributed by atoms with Crippen molar-refractivity contribution < 1.29 is 4.42 Å². The second-order valence-electron chi connectivity index (χ2n) is 5.03. The second kappa shape index (κ2) is 5.67. The zero-order chi connectivity index (χ0) is 13.1. The number of hydrogen-bond donors (Lipinski definition) is 1. The molecule has 0 amide bonds. The van der Waals surface area contributed by atoms with Gasteiger partial charge in [0.1, 0.15) is 11.3 Å². The molecule has 4 heteroatoms. The Morgan fingerprint density at radius 2 is 2.11 bits per heavy atom. The van der Waals surface area contributed by atoms with Gasteiger partial charge in [0, 0.05) is 23.0 Å². The summed E-state index contributed by atoms with van der Waals surface area (Å²) in [5, 5.41) is 4.51. The van der Waals surface area contributed by atoms with Crippen molar-refractivity contribution in [2.45, 2.75) is 46.2 Å². The second-order valence-corrected chi connectivity index (χ2v) is 6.11. The molecule has 0 fully saturated rings. The maximum atomic E-state index is 5.13. The summed E-state index contributed by atoms with van der Waals surface area (Å²) < 4.78 is 5.13. The number of rotatable bonds is 5. The molecule has 0 aromatic carbocycles. The molecule has 3 nitrogen and oxygen atoms in total. The van der Waals surface area contributed by atoms with E-state index in [-0.39, 0.29) is 0 Å². The number of nitrogens with zero attached hydrogens (tertiary/aromatic N) is 1. The third kappa shape index (κ3) is 3.00. The summed E-state index contributed by atoms with van der Waals surface area (Å²) in [6, 6.07) is 2.45. The van der Waals surface area contributed by atoms with Gasteiger partial charge in [-0.25, -0.2) is 4.98 Å². The normalized spacial score (nSPS) is 11.7. The van der Waals surface area contributed by atoms with Gasteiger partial charge in [0.25, 0.3) is 0 Å². The Morgan fingerprint density at radius 3 is 2.67 bits per heavy atom. The Morgan fingerprint density at radius 1 is 1.33 bits per heavy atom. The molecule has 0 aliphatic heterocycles. The van der Waals surface area contributed by atoms with Crippen LogP contribution in [0.15, 0.2) is 23.0 Å². The van der Waals surface area contributed by atoms with Gasteiger partial charge in [0.2, 0.25) is 0 Å². The van der Waals surface area contributed by atoms with E-state index in [1.807, 2.05) is 6.07 Å². The number of furan rings is 1. The standard InChI is InChI=1S/C14H20N2OS/c1-9(2)13-12(7-15-10(3)4)18-14(16-13)11-5-6-17-8-11/h5-6,8-10,15H,7H2,1-4H3. The fraction of sp³-hybridized carbons (Fsp3) is 0.500. The highest BCUT2D eigenvalue weighted by atomic mass is 32.1. The summed E-state index contributed by atoms with van der Waals surface area (Å²) in [5.41, 5.74) is 2.27. The maximum absolute atomic E-state index is 5.13. The van der Waals surface area contributed by atoms with E-state index in [0.717, 1.165) is 17.1 Å². The molecular weight excluding hydrogens is 244 g/mol. The lowest BCUT2D eigenvalue weighted by Crippen LogP contribution is -2.22. The Bertz CT molecular complexity index is 486. The SMILES string of the molecule is CC(C)NCc1sc(-c2ccoc2)nc1C(C)C. The highest BCUT2D eigenvalue weighted by molar-refractivity contribution is 7.15. The van der Waals surface area contributed by atoms with E-state index >= 15 is 0 Å². The molecule has 2 rings (SSSR count). The first-order valence-electron chi connectivity index (χ1n) is 6.33. The quantitative estimate of drug-likeness (QED) is 0.886. The molecule has 0 aliphatic rings. The minimum Gasteiger partial charge on any atom is -0.472 e. The molecule has 2 aromatic rings. The summed E-state index contributed by atoms with van der Waals surface area (Å²) in [4.78, 5) is 6.08. The molecule has 0 bridgehead atoms. The first-order chi connectivity index (χ1) is 8.58. The molecule has 0 radical (unpaired) electrons. The van der Waals surface area contributed by atoms with Crippen LogP contribution < -0.4 is 5.32 Å². The highest BCUT2D eigenvalue weighted by Crippen LogP contribution is 2.31. The van der Waals surface area contributed by atoms with Crippen LogP contribution in [0.25, 0.3) is 10.6 Å². The summed E-state index contributed by atoms with van der Waals surface area (Å²) in [6.07, 6.45) is 3.44. The van der Waals surface area contributed by atoms with Gasteiger partial charge in [0.05, 0.1) is 12.0 Å². The molecule has 0 atom stereocenters. The van der Waals surface area contributed by atoms with E-state index in [2.05, 4.69) is 33.0 Å². The Labute approximate surface area is 112 Å². The van der Waals surface area contributed by atoms with Gasteiger partial charge < -0.3 is 9.73 Å². The average Bonchev–Trinajstić information content (AvgIpc) is 2.94. The van der Waals surface area contributed by atoms with E-state index in [0.29, 0.717) is 12.0 Å². The first kappa shape index (κ1) is 13.3. The zero-order valence-electron chi connectivity index (χ0n) is 11.4. The average molecular weight is 264 g/mol. The molecule has 0 aliphatic carbocycles. The smallest absolute Gasteiger partial charge is 0.127 e. The zero-order valence-corrected chi connectivity index (χ0v) is 12.2. The first-order valence-corrected chi connectivity index (χ1v) is 7.15. The van der Waals surface area contributed by atoms with Gasteiger partial charge in [-0.3, -0.25) is 0 Å². The fourth-order valence-corrected chi connectivity index (χ4v) is 2.90. The number of hydrogen-bond acceptors (Lipinski definition) is 4. The van der Waals surface area contributed by atoms with Crippen molar-refractivity contribution in [3.8, 4) is 10.6 Å². The molecule has 0 saturated carbocycles. The van der Waals surface area contributed by atoms with Crippen molar-refractivity contribution in [3.63, 3.8) is 0 Å². The summed E-state index contributed by atoms with van der Waals surface area (Å²) in [7, 11) is 0. The van der Waals surface area contributed by atoms with Crippen LogP contribution >= 0.6 is 11.3 Å². The summed E-state index contributed by atoms with van der Waals surface area (Å²) in [6.45, 7) is 9.58. The molecule has 18 heavy (non-hydrogen) atoms. The molecular formula is C14H20N2OS. The minimum absolute atomic E-state index is 0.450. The lowest BCUT2D eigenvalue weighted by atomic mass is 10.1. The summed E-state index contributed by atoms with van der Waals surface area (Å²) in [5.74, 6) is 0.450. The molecule has 1 N–H and O–H groups in total. The third-order valence-electron chi connectivity index (χ3n) is 2.71. The van der Waals surface area contributed by atoms with Crippen LogP contribution in [0.3, 0.4) is 0 Å². The number of aromatic nitrogens is 1. The van der Waals surface area contributed by atoms with Crippen molar-refractivity contribution in [2.75, 3.05) is 0 Å². The van der Waals surface area contributed by atoms with Crippen molar-refractivity contribution in [3.05, 3.63) is 29.2 Å². The summed E-state index contributed by atoms with van der Waals surface area (Å²) >= 11 is 1.75. The lowest BCUT2D eigenvalue weighted by Gasteiger charge is -2.09. The highest BCUT2D eigenvalue weighted by Gasteiger charge is 2.15. The van der Waals surface area contributed by atoms with Crippen LogP contribution in [0.5, 0.6) is 0 Å². The van der Waals surface area contributed by atoms with E-state index in [1.54, 1.807) is 23.9 Å². The van der Waals surface area contributed by atoms with Crippen LogP contribution in [-0.4, -0.2) is 11.0 Å². The Kier molecular flexibility index (Phi) is 4.19. The topological polar surface area (TPSA) is 38.1 Å². The Hall–Kier alpha value is -1.13. The van der Waals surface area contributed by atoms with Crippen LogP contribution in [0.1, 0.15) is 44.2 Å². The molecule has 98 valence electrons. The number of nitrogens with one attached hydrogen (secondary N) is 1. The van der Waals surface area contributed by atoms with Crippen LogP contribution in [0, 0.1) is 0 Å². The van der Waals surface area contributed by atoms with Gasteiger partial charge in [-0.05, 0) is 12.0 Å². The monoisotopic (exact) mass is 264 g/mol. The van der Waals surface area contributed by atoms with Crippen molar-refractivity contribution in [1.82, 2.24) is 10.3 Å². The van der Waals surface area contributed by atoms with Gasteiger partial charge >= 0.3 is 0 Å². The minimum atomic E-state index is 0.450. The van der Waals surface area contributed by atoms with Gasteiger partial charge in [-0.2, -0.15) is 0 Å². The third-order valence-corrected chi connectivity index (χ3v) is 3.83. The van der Waals surface area contributed by atoms with Crippen LogP contribution in [-0.2, 0) is 6.54 Å². The van der Waals surface area contributed by atoms with Gasteiger partial charge in [-0.1, -0.05) is 27.7 Å². The largest absolute Gasteiger partial charge is 0.472 e. The van der Waals surface area contributed by atoms with Gasteiger partial charge in [-0.15, -0.1) is 11.3 Å². The maximum Gasteiger partial charge on any atom is 0.127 e. The van der Waals surface area contributed by atoms with Gasteiger partial charge in [0.15, 0.2) is 0 Å². The fourth-order valence-electron chi connectivity index (χ4n) is 1.75. The molecule has 2 aromatic heterocycles. The molecule has 0 saturated heterocycles. The van der Waals surface area contributed by atoms with Crippen LogP contribution in [0.4, 0.5) is 0 Å². The van der Waals surface area contributed by atoms with Crippen molar-refractivity contribution in [1.29, 1.82) is 0 Å². The predicted octanol–water partition coefficient (Wildman–Crippen LogP) is 4.02. The molecule has 0 unspecified atom stereocenters. The van der Waals surface area contributed by atoms with E-state index < -0.39 is 0 Å². The Balaban J connectivity index is 2.27. The van der Waals surface area contributed by atoms with E-state index in [1.165, 1.54) is 10.6 Å². The van der Waals surface area contributed by atoms with E-state index in [9.17, 15) is 0 Å². The molecule has 0 spiro atoms. The number of thiazole rings is 1. The predicted molar refractivity (Wildman–Crippen MR) is 75.9 cm³/mol. The molecule has 2 heterocycles. The van der Waals surface area contributed by atoms with E-state index in [4.69, 9.17) is 9.40 Å². The van der Waals surface area contributed by atoms with Crippen molar-refractivity contribution in [2.24, 2.45) is 0 Å².